The molecule has 1 heterocycles. The molecule has 1 rings (SSSR count). The summed E-state index contributed by atoms with van der Waals surface area (Å²) < 4.78 is 5.07. The van der Waals surface area contributed by atoms with E-state index in [4.69, 9.17) is 4.74 Å². The maximum Gasteiger partial charge on any atom is 0.128 e. The zero-order chi connectivity index (χ0) is 13.5. The van der Waals surface area contributed by atoms with Crippen LogP contribution in [0.3, 0.4) is 0 Å². The van der Waals surface area contributed by atoms with Gasteiger partial charge in [0.1, 0.15) is 5.82 Å². The summed E-state index contributed by atoms with van der Waals surface area (Å²) in [5.74, 6) is 0.998. The molecular weight excluding hydrogens is 226 g/mol. The quantitative estimate of drug-likeness (QED) is 0.804. The SMILES string of the molecule is COCCN(C)c1ccc(CNC(C)C)c(C)n1. The molecule has 0 saturated heterocycles. The molecule has 0 radical (unpaired) electrons. The number of hydrogen-bond acceptors (Lipinski definition) is 4. The fourth-order valence-corrected chi connectivity index (χ4v) is 1.63. The Bertz CT molecular complexity index is 366. The number of rotatable bonds is 7. The van der Waals surface area contributed by atoms with Crippen molar-refractivity contribution in [2.24, 2.45) is 0 Å². The van der Waals surface area contributed by atoms with Crippen LogP contribution in [0.4, 0.5) is 5.82 Å². The Labute approximate surface area is 110 Å². The standard InChI is InChI=1S/C14H25N3O/c1-11(2)15-10-13-6-7-14(16-12(13)3)17(4)8-9-18-5/h6-7,11,15H,8-10H2,1-5H3. The first-order valence-corrected chi connectivity index (χ1v) is 6.44. The molecule has 4 heteroatoms. The summed E-state index contributed by atoms with van der Waals surface area (Å²) in [6.07, 6.45) is 0. The van der Waals surface area contributed by atoms with Crippen LogP contribution in [0.15, 0.2) is 12.1 Å². The second-order valence-corrected chi connectivity index (χ2v) is 4.86. The van der Waals surface area contributed by atoms with E-state index in [1.54, 1.807) is 7.11 Å². The van der Waals surface area contributed by atoms with E-state index in [0.717, 1.165) is 24.6 Å². The van der Waals surface area contributed by atoms with Crippen molar-refractivity contribution in [3.05, 3.63) is 23.4 Å². The number of aryl methyl sites for hydroxylation is 1. The molecule has 0 aliphatic rings. The maximum absolute atomic E-state index is 5.07. The number of ether oxygens (including phenoxy) is 1. The van der Waals surface area contributed by atoms with Crippen molar-refractivity contribution in [1.29, 1.82) is 0 Å². The van der Waals surface area contributed by atoms with Crippen molar-refractivity contribution in [3.8, 4) is 0 Å². The first-order valence-electron chi connectivity index (χ1n) is 6.44. The Kier molecular flexibility index (Phi) is 6.09. The molecule has 18 heavy (non-hydrogen) atoms. The van der Waals surface area contributed by atoms with Gasteiger partial charge in [-0.1, -0.05) is 19.9 Å². The number of nitrogens with one attached hydrogen (secondary N) is 1. The summed E-state index contributed by atoms with van der Waals surface area (Å²) >= 11 is 0. The van der Waals surface area contributed by atoms with Crippen LogP contribution < -0.4 is 10.2 Å². The molecule has 1 aromatic heterocycles. The number of hydrogen-bond donors (Lipinski definition) is 1. The minimum absolute atomic E-state index is 0.494. The molecule has 0 bridgehead atoms. The summed E-state index contributed by atoms with van der Waals surface area (Å²) in [5.41, 5.74) is 2.34. The van der Waals surface area contributed by atoms with Gasteiger partial charge in [-0.15, -0.1) is 0 Å². The summed E-state index contributed by atoms with van der Waals surface area (Å²) in [4.78, 5) is 6.74. The molecule has 0 aliphatic heterocycles. The van der Waals surface area contributed by atoms with E-state index in [1.165, 1.54) is 5.56 Å². The second kappa shape index (κ2) is 7.34. The fraction of sp³-hybridized carbons (Fsp3) is 0.643. The molecule has 0 aliphatic carbocycles. The smallest absolute Gasteiger partial charge is 0.128 e. The van der Waals surface area contributed by atoms with Gasteiger partial charge in [-0.2, -0.15) is 0 Å². The Hall–Kier alpha value is -1.13. The van der Waals surface area contributed by atoms with E-state index >= 15 is 0 Å². The molecule has 1 N–H and O–H groups in total. The lowest BCUT2D eigenvalue weighted by Gasteiger charge is -2.19. The number of anilines is 1. The lowest BCUT2D eigenvalue weighted by atomic mass is 10.2. The fourth-order valence-electron chi connectivity index (χ4n) is 1.63. The highest BCUT2D eigenvalue weighted by Gasteiger charge is 2.06. The largest absolute Gasteiger partial charge is 0.383 e. The number of nitrogens with zero attached hydrogens (tertiary/aromatic N) is 2. The molecule has 0 saturated carbocycles. The van der Waals surface area contributed by atoms with Crippen LogP contribution in [0.1, 0.15) is 25.1 Å². The first kappa shape index (κ1) is 14.9. The molecule has 0 aromatic carbocycles. The van der Waals surface area contributed by atoms with E-state index in [2.05, 4.69) is 48.1 Å². The Morgan fingerprint density at radius 1 is 1.39 bits per heavy atom. The third-order valence-corrected chi connectivity index (χ3v) is 2.90. The Morgan fingerprint density at radius 2 is 2.11 bits per heavy atom. The van der Waals surface area contributed by atoms with E-state index in [1.807, 2.05) is 7.05 Å². The van der Waals surface area contributed by atoms with Crippen LogP contribution in [0, 0.1) is 6.92 Å². The molecule has 0 atom stereocenters. The molecule has 1 aromatic rings. The predicted molar refractivity (Wildman–Crippen MR) is 76.1 cm³/mol. The predicted octanol–water partition coefficient (Wildman–Crippen LogP) is 1.97. The lowest BCUT2D eigenvalue weighted by Crippen LogP contribution is -2.24. The van der Waals surface area contributed by atoms with Gasteiger partial charge in [-0.05, 0) is 18.6 Å². The van der Waals surface area contributed by atoms with Crippen molar-refractivity contribution < 1.29 is 4.74 Å². The maximum atomic E-state index is 5.07. The second-order valence-electron chi connectivity index (χ2n) is 4.86. The number of pyridine rings is 1. The topological polar surface area (TPSA) is 37.4 Å². The van der Waals surface area contributed by atoms with Crippen molar-refractivity contribution in [2.75, 3.05) is 32.2 Å². The Morgan fingerprint density at radius 3 is 2.67 bits per heavy atom. The van der Waals surface area contributed by atoms with Crippen LogP contribution in [-0.4, -0.2) is 38.3 Å². The summed E-state index contributed by atoms with van der Waals surface area (Å²) in [5, 5.41) is 3.41. The minimum Gasteiger partial charge on any atom is -0.383 e. The lowest BCUT2D eigenvalue weighted by molar-refractivity contribution is 0.206. The highest BCUT2D eigenvalue weighted by molar-refractivity contribution is 5.40. The number of aromatic nitrogens is 1. The molecule has 0 fully saturated rings. The van der Waals surface area contributed by atoms with E-state index in [0.29, 0.717) is 12.6 Å². The summed E-state index contributed by atoms with van der Waals surface area (Å²) in [6, 6.07) is 4.71. The van der Waals surface area contributed by atoms with Crippen molar-refractivity contribution in [3.63, 3.8) is 0 Å². The Balaban J connectivity index is 2.66. The van der Waals surface area contributed by atoms with Gasteiger partial charge in [0, 0.05) is 39.0 Å². The van der Waals surface area contributed by atoms with Crippen molar-refractivity contribution >= 4 is 5.82 Å². The zero-order valence-corrected chi connectivity index (χ0v) is 12.2. The highest BCUT2D eigenvalue weighted by Crippen LogP contribution is 2.13. The highest BCUT2D eigenvalue weighted by atomic mass is 16.5. The summed E-state index contributed by atoms with van der Waals surface area (Å²) in [6.45, 7) is 8.80. The van der Waals surface area contributed by atoms with Crippen LogP contribution >= 0.6 is 0 Å². The van der Waals surface area contributed by atoms with Gasteiger partial charge in [0.15, 0.2) is 0 Å². The summed E-state index contributed by atoms with van der Waals surface area (Å²) in [7, 11) is 3.75. The van der Waals surface area contributed by atoms with Crippen molar-refractivity contribution in [2.45, 2.75) is 33.4 Å². The van der Waals surface area contributed by atoms with E-state index < -0.39 is 0 Å². The van der Waals surface area contributed by atoms with Gasteiger partial charge in [0.25, 0.3) is 0 Å². The van der Waals surface area contributed by atoms with Gasteiger partial charge in [-0.3, -0.25) is 0 Å². The van der Waals surface area contributed by atoms with Gasteiger partial charge < -0.3 is 15.0 Å². The van der Waals surface area contributed by atoms with Crippen molar-refractivity contribution in [1.82, 2.24) is 10.3 Å². The third-order valence-electron chi connectivity index (χ3n) is 2.90. The molecule has 0 amide bonds. The minimum atomic E-state index is 0.494. The number of likely N-dealkylation sites (N-methyl/N-ethyl adjacent to an activating group) is 1. The van der Waals surface area contributed by atoms with Gasteiger partial charge >= 0.3 is 0 Å². The molecule has 0 spiro atoms. The van der Waals surface area contributed by atoms with E-state index in [9.17, 15) is 0 Å². The van der Waals surface area contributed by atoms with Crippen LogP contribution in [0.25, 0.3) is 0 Å². The van der Waals surface area contributed by atoms with Crippen LogP contribution in [0.2, 0.25) is 0 Å². The monoisotopic (exact) mass is 251 g/mol. The average molecular weight is 251 g/mol. The van der Waals surface area contributed by atoms with Gasteiger partial charge in [0.05, 0.1) is 6.61 Å². The zero-order valence-electron chi connectivity index (χ0n) is 12.2. The third kappa shape index (κ3) is 4.63. The van der Waals surface area contributed by atoms with Crippen LogP contribution in [-0.2, 0) is 11.3 Å². The first-order chi connectivity index (χ1) is 8.54. The van der Waals surface area contributed by atoms with Gasteiger partial charge in [0.2, 0.25) is 0 Å². The molecule has 4 nitrogen and oxygen atoms in total. The van der Waals surface area contributed by atoms with E-state index in [-0.39, 0.29) is 0 Å². The molecule has 102 valence electrons. The van der Waals surface area contributed by atoms with Crippen LogP contribution in [0.5, 0.6) is 0 Å². The average Bonchev–Trinajstić information content (AvgIpc) is 2.34. The number of methoxy groups -OCH3 is 1. The normalized spacial score (nSPS) is 11.0. The molecule has 0 unspecified atom stereocenters. The molecular formula is C14H25N3O. The van der Waals surface area contributed by atoms with Gasteiger partial charge in [-0.25, -0.2) is 4.98 Å².